The lowest BCUT2D eigenvalue weighted by molar-refractivity contribution is 0.116. The minimum atomic E-state index is 0.672. The summed E-state index contributed by atoms with van der Waals surface area (Å²) in [5, 5.41) is 0. The minimum Gasteiger partial charge on any atom is -0.377 e. The lowest BCUT2D eigenvalue weighted by Crippen LogP contribution is -2.09. The molecule has 31 heavy (non-hydrogen) atoms. The molecule has 0 aliphatic carbocycles. The summed E-state index contributed by atoms with van der Waals surface area (Å²) in [5.74, 6) is 0. The summed E-state index contributed by atoms with van der Waals surface area (Å²) in [7, 11) is 0. The van der Waals surface area contributed by atoms with Crippen LogP contribution in [0.25, 0.3) is 0 Å². The molecule has 0 aliphatic heterocycles. The lowest BCUT2D eigenvalue weighted by atomic mass is 10.1. The molecule has 0 amide bonds. The summed E-state index contributed by atoms with van der Waals surface area (Å²) in [4.78, 5) is 2.26. The van der Waals surface area contributed by atoms with Crippen LogP contribution in [0.4, 0.5) is 17.1 Å². The fraction of sp³-hybridized carbons (Fsp3) is 0.333. The highest BCUT2D eigenvalue weighted by Crippen LogP contribution is 2.35. The second kappa shape index (κ2) is 13.0. The van der Waals surface area contributed by atoms with Crippen molar-refractivity contribution in [1.29, 1.82) is 0 Å². The van der Waals surface area contributed by atoms with E-state index < -0.39 is 0 Å². The van der Waals surface area contributed by atoms with Gasteiger partial charge in [0.25, 0.3) is 0 Å². The van der Waals surface area contributed by atoms with Crippen molar-refractivity contribution in [1.82, 2.24) is 0 Å². The van der Waals surface area contributed by atoms with Gasteiger partial charge in [-0.15, -0.1) is 0 Å². The molecule has 0 aliphatic rings. The largest absolute Gasteiger partial charge is 0.377 e. The van der Waals surface area contributed by atoms with Crippen LogP contribution in [0, 0.1) is 0 Å². The van der Waals surface area contributed by atoms with Gasteiger partial charge in [0.2, 0.25) is 0 Å². The van der Waals surface area contributed by atoms with Crippen molar-refractivity contribution in [3.8, 4) is 0 Å². The molecule has 0 unspecified atom stereocenters. The molecule has 0 heterocycles. The van der Waals surface area contributed by atoms with Gasteiger partial charge in [-0.3, -0.25) is 0 Å². The highest BCUT2D eigenvalue weighted by atomic mass is 79.9. The molecule has 0 aromatic heterocycles. The number of ether oxygens (including phenoxy) is 1. The maximum Gasteiger partial charge on any atom is 0.0716 e. The first-order valence-electron chi connectivity index (χ1n) is 11.2. The standard InChI is InChI=1S/C27H31Br2NO/c1-2-3-4-5-6-7-20-31-21-22-8-14-25(15-9-22)30(26-16-10-23(28)11-17-26)27-18-12-24(29)13-19-27/h8-19H,2-7,20-21H2,1H3. The molecule has 0 radical (unpaired) electrons. The van der Waals surface area contributed by atoms with Crippen LogP contribution in [-0.2, 0) is 11.3 Å². The quantitative estimate of drug-likeness (QED) is 0.210. The Labute approximate surface area is 203 Å². The Kier molecular flexibility index (Phi) is 10.1. The van der Waals surface area contributed by atoms with E-state index in [2.05, 4.69) is 116 Å². The van der Waals surface area contributed by atoms with E-state index in [1.807, 2.05) is 0 Å². The molecule has 0 atom stereocenters. The van der Waals surface area contributed by atoms with Crippen molar-refractivity contribution in [2.75, 3.05) is 11.5 Å². The van der Waals surface area contributed by atoms with E-state index in [1.165, 1.54) is 37.7 Å². The number of benzene rings is 3. The average Bonchev–Trinajstić information content (AvgIpc) is 2.79. The van der Waals surface area contributed by atoms with E-state index in [9.17, 15) is 0 Å². The molecule has 3 aromatic carbocycles. The average molecular weight is 545 g/mol. The third kappa shape index (κ3) is 7.78. The van der Waals surface area contributed by atoms with E-state index in [0.29, 0.717) is 6.61 Å². The number of nitrogens with zero attached hydrogens (tertiary/aromatic N) is 1. The first-order chi connectivity index (χ1) is 15.2. The molecule has 0 spiro atoms. The van der Waals surface area contributed by atoms with Gasteiger partial charge in [0.05, 0.1) is 6.61 Å². The number of anilines is 3. The molecule has 4 heteroatoms. The van der Waals surface area contributed by atoms with E-state index in [0.717, 1.165) is 39.0 Å². The van der Waals surface area contributed by atoms with E-state index >= 15 is 0 Å². The fourth-order valence-corrected chi connectivity index (χ4v) is 4.07. The summed E-state index contributed by atoms with van der Waals surface area (Å²) in [6.07, 6.45) is 7.76. The van der Waals surface area contributed by atoms with Crippen LogP contribution in [0.3, 0.4) is 0 Å². The van der Waals surface area contributed by atoms with Crippen molar-refractivity contribution < 1.29 is 4.74 Å². The predicted octanol–water partition coefficient (Wildman–Crippen LogP) is 9.56. The van der Waals surface area contributed by atoms with Crippen LogP contribution in [-0.4, -0.2) is 6.61 Å². The van der Waals surface area contributed by atoms with Gasteiger partial charge in [0.15, 0.2) is 0 Å². The number of unbranched alkanes of at least 4 members (excludes halogenated alkanes) is 5. The van der Waals surface area contributed by atoms with Crippen LogP contribution in [0.5, 0.6) is 0 Å². The number of hydrogen-bond acceptors (Lipinski definition) is 2. The molecule has 0 saturated heterocycles. The zero-order chi connectivity index (χ0) is 21.9. The lowest BCUT2D eigenvalue weighted by Gasteiger charge is -2.25. The summed E-state index contributed by atoms with van der Waals surface area (Å²) in [6, 6.07) is 25.5. The second-order valence-corrected chi connectivity index (χ2v) is 9.61. The second-order valence-electron chi connectivity index (χ2n) is 7.78. The Balaban J connectivity index is 1.63. The normalized spacial score (nSPS) is 10.9. The Morgan fingerprint density at radius 3 is 1.58 bits per heavy atom. The third-order valence-electron chi connectivity index (χ3n) is 5.28. The molecule has 0 N–H and O–H groups in total. The van der Waals surface area contributed by atoms with Crippen LogP contribution in [0.2, 0.25) is 0 Å². The molecule has 0 saturated carbocycles. The number of hydrogen-bond donors (Lipinski definition) is 0. The van der Waals surface area contributed by atoms with Crippen molar-refractivity contribution in [3.05, 3.63) is 87.3 Å². The van der Waals surface area contributed by atoms with Gasteiger partial charge in [-0.05, 0) is 72.6 Å². The highest BCUT2D eigenvalue weighted by molar-refractivity contribution is 9.10. The third-order valence-corrected chi connectivity index (χ3v) is 6.33. The maximum atomic E-state index is 5.90. The summed E-state index contributed by atoms with van der Waals surface area (Å²) in [6.45, 7) is 3.77. The molecule has 3 rings (SSSR count). The summed E-state index contributed by atoms with van der Waals surface area (Å²) < 4.78 is 8.05. The Morgan fingerprint density at radius 2 is 1.06 bits per heavy atom. The molecule has 0 bridgehead atoms. The van der Waals surface area contributed by atoms with Crippen molar-refractivity contribution in [3.63, 3.8) is 0 Å². The fourth-order valence-electron chi connectivity index (χ4n) is 3.54. The zero-order valence-electron chi connectivity index (χ0n) is 18.2. The molecular formula is C27H31Br2NO. The molecule has 3 aromatic rings. The Bertz CT molecular complexity index is 847. The van der Waals surface area contributed by atoms with Crippen molar-refractivity contribution in [2.24, 2.45) is 0 Å². The highest BCUT2D eigenvalue weighted by Gasteiger charge is 2.12. The monoisotopic (exact) mass is 543 g/mol. The van der Waals surface area contributed by atoms with Crippen LogP contribution >= 0.6 is 31.9 Å². The number of rotatable bonds is 12. The van der Waals surface area contributed by atoms with Gasteiger partial charge in [-0.2, -0.15) is 0 Å². The van der Waals surface area contributed by atoms with Crippen LogP contribution < -0.4 is 4.90 Å². The first kappa shape index (κ1) is 24.0. The smallest absolute Gasteiger partial charge is 0.0716 e. The van der Waals surface area contributed by atoms with Gasteiger partial charge >= 0.3 is 0 Å². The van der Waals surface area contributed by atoms with Crippen molar-refractivity contribution >= 4 is 48.9 Å². The van der Waals surface area contributed by atoms with E-state index in [-0.39, 0.29) is 0 Å². The molecular weight excluding hydrogens is 514 g/mol. The first-order valence-corrected chi connectivity index (χ1v) is 12.7. The van der Waals surface area contributed by atoms with Gasteiger partial charge in [-0.1, -0.05) is 83.0 Å². The van der Waals surface area contributed by atoms with Crippen LogP contribution in [0.15, 0.2) is 81.7 Å². The minimum absolute atomic E-state index is 0.672. The molecule has 0 fully saturated rings. The van der Waals surface area contributed by atoms with Crippen molar-refractivity contribution in [2.45, 2.75) is 52.1 Å². The van der Waals surface area contributed by atoms with E-state index in [1.54, 1.807) is 0 Å². The topological polar surface area (TPSA) is 12.5 Å². The summed E-state index contributed by atoms with van der Waals surface area (Å²) in [5.41, 5.74) is 4.58. The van der Waals surface area contributed by atoms with Gasteiger partial charge in [-0.25, -0.2) is 0 Å². The Hall–Kier alpha value is -1.62. The van der Waals surface area contributed by atoms with Crippen LogP contribution in [0.1, 0.15) is 51.0 Å². The molecule has 2 nitrogen and oxygen atoms in total. The van der Waals surface area contributed by atoms with Gasteiger partial charge < -0.3 is 9.64 Å². The number of halogens is 2. The maximum absolute atomic E-state index is 5.90. The zero-order valence-corrected chi connectivity index (χ0v) is 21.4. The van der Waals surface area contributed by atoms with Gasteiger partial charge in [0.1, 0.15) is 0 Å². The van der Waals surface area contributed by atoms with E-state index in [4.69, 9.17) is 4.74 Å². The summed E-state index contributed by atoms with van der Waals surface area (Å²) >= 11 is 7.08. The Morgan fingerprint density at radius 1 is 0.613 bits per heavy atom. The predicted molar refractivity (Wildman–Crippen MR) is 140 cm³/mol. The van der Waals surface area contributed by atoms with Gasteiger partial charge in [0, 0.05) is 32.6 Å². The molecule has 164 valence electrons. The SMILES string of the molecule is CCCCCCCCOCc1ccc(N(c2ccc(Br)cc2)c2ccc(Br)cc2)cc1.